The number of alkyl halides is 2. The number of aliphatic hydroxyl groups is 1. The van der Waals surface area contributed by atoms with Gasteiger partial charge in [-0.2, -0.15) is 0 Å². The first-order valence-electron chi connectivity index (χ1n) is 5.50. The molecule has 0 amide bonds. The van der Waals surface area contributed by atoms with Crippen LogP contribution in [0.3, 0.4) is 0 Å². The average Bonchev–Trinajstić information content (AvgIpc) is 2.41. The third kappa shape index (κ3) is 2.93. The van der Waals surface area contributed by atoms with Crippen LogP contribution in [0.5, 0.6) is 0 Å². The Kier molecular flexibility index (Phi) is 3.85. The smallest absolute Gasteiger partial charge is 0.263 e. The van der Waals surface area contributed by atoms with Crippen molar-refractivity contribution in [3.05, 3.63) is 70.8 Å². The summed E-state index contributed by atoms with van der Waals surface area (Å²) in [7, 11) is 0. The Labute approximate surface area is 107 Å². The van der Waals surface area contributed by atoms with E-state index < -0.39 is 24.2 Å². The van der Waals surface area contributed by atoms with Gasteiger partial charge in [0, 0.05) is 5.56 Å². The summed E-state index contributed by atoms with van der Waals surface area (Å²) >= 11 is 0. The Balaban J connectivity index is 2.35. The van der Waals surface area contributed by atoms with Crippen LogP contribution in [0.15, 0.2) is 42.5 Å². The van der Waals surface area contributed by atoms with Crippen molar-refractivity contribution in [1.29, 1.82) is 0 Å². The first kappa shape index (κ1) is 13.5. The number of rotatable bonds is 3. The minimum atomic E-state index is -2.66. The molecule has 1 atom stereocenters. The SMILES string of the molecule is OC(c1cccc(C(F)F)c1)c1ccc(F)c(F)c1. The Hall–Kier alpha value is -1.88. The zero-order chi connectivity index (χ0) is 14.0. The molecular formula is C14H10F4O. The van der Waals surface area contributed by atoms with Crippen molar-refractivity contribution in [3.8, 4) is 0 Å². The fourth-order valence-corrected chi connectivity index (χ4v) is 1.74. The van der Waals surface area contributed by atoms with Crippen LogP contribution in [0, 0.1) is 11.6 Å². The molecule has 1 nitrogen and oxygen atoms in total. The van der Waals surface area contributed by atoms with Gasteiger partial charge in [0.15, 0.2) is 11.6 Å². The van der Waals surface area contributed by atoms with Crippen LogP contribution in [0.4, 0.5) is 17.6 Å². The monoisotopic (exact) mass is 270 g/mol. The van der Waals surface area contributed by atoms with Gasteiger partial charge in [-0.3, -0.25) is 0 Å². The van der Waals surface area contributed by atoms with E-state index >= 15 is 0 Å². The number of hydrogen-bond donors (Lipinski definition) is 1. The third-order valence-corrected chi connectivity index (χ3v) is 2.74. The number of hydrogen-bond acceptors (Lipinski definition) is 1. The molecular weight excluding hydrogens is 260 g/mol. The Bertz CT molecular complexity index is 583. The molecule has 1 unspecified atom stereocenters. The van der Waals surface area contributed by atoms with E-state index in [-0.39, 0.29) is 16.7 Å². The second-order valence-corrected chi connectivity index (χ2v) is 4.05. The maximum absolute atomic E-state index is 13.1. The third-order valence-electron chi connectivity index (χ3n) is 2.74. The van der Waals surface area contributed by atoms with Crippen LogP contribution in [0.1, 0.15) is 29.2 Å². The molecule has 0 aliphatic heterocycles. The lowest BCUT2D eigenvalue weighted by molar-refractivity contribution is 0.150. The molecule has 1 N–H and O–H groups in total. The quantitative estimate of drug-likeness (QED) is 0.836. The van der Waals surface area contributed by atoms with Crippen molar-refractivity contribution < 1.29 is 22.7 Å². The number of aliphatic hydroxyl groups excluding tert-OH is 1. The topological polar surface area (TPSA) is 20.2 Å². The van der Waals surface area contributed by atoms with Crippen molar-refractivity contribution in [2.24, 2.45) is 0 Å². The fourth-order valence-electron chi connectivity index (χ4n) is 1.74. The highest BCUT2D eigenvalue weighted by molar-refractivity contribution is 5.33. The predicted molar refractivity (Wildman–Crippen MR) is 61.8 cm³/mol. The first-order chi connectivity index (χ1) is 8.99. The second kappa shape index (κ2) is 5.40. The molecule has 2 aromatic carbocycles. The average molecular weight is 270 g/mol. The highest BCUT2D eigenvalue weighted by atomic mass is 19.3. The minimum Gasteiger partial charge on any atom is -0.384 e. The molecule has 100 valence electrons. The van der Waals surface area contributed by atoms with E-state index in [0.717, 1.165) is 18.2 Å². The summed E-state index contributed by atoms with van der Waals surface area (Å²) in [5, 5.41) is 9.98. The van der Waals surface area contributed by atoms with Gasteiger partial charge < -0.3 is 5.11 Å². The molecule has 0 spiro atoms. The molecule has 2 rings (SSSR count). The molecule has 0 bridgehead atoms. The summed E-state index contributed by atoms with van der Waals surface area (Å²) in [6.45, 7) is 0. The van der Waals surface area contributed by atoms with E-state index in [2.05, 4.69) is 0 Å². The van der Waals surface area contributed by atoms with E-state index in [1.807, 2.05) is 0 Å². The van der Waals surface area contributed by atoms with Gasteiger partial charge in [-0.15, -0.1) is 0 Å². The summed E-state index contributed by atoms with van der Waals surface area (Å²) in [4.78, 5) is 0. The van der Waals surface area contributed by atoms with Gasteiger partial charge in [-0.1, -0.05) is 24.3 Å². The van der Waals surface area contributed by atoms with Gasteiger partial charge in [0.05, 0.1) is 0 Å². The van der Waals surface area contributed by atoms with Crippen molar-refractivity contribution >= 4 is 0 Å². The minimum absolute atomic E-state index is 0.102. The molecule has 0 aliphatic rings. The van der Waals surface area contributed by atoms with Crippen molar-refractivity contribution in [2.75, 3.05) is 0 Å². The lowest BCUT2D eigenvalue weighted by Crippen LogP contribution is -2.02. The molecule has 0 radical (unpaired) electrons. The highest BCUT2D eigenvalue weighted by Crippen LogP contribution is 2.27. The van der Waals surface area contributed by atoms with Crippen molar-refractivity contribution in [1.82, 2.24) is 0 Å². The van der Waals surface area contributed by atoms with Gasteiger partial charge in [-0.25, -0.2) is 17.6 Å². The molecule has 0 aromatic heterocycles. The van der Waals surface area contributed by atoms with E-state index in [9.17, 15) is 22.7 Å². The predicted octanol–water partition coefficient (Wildman–Crippen LogP) is 3.98. The zero-order valence-corrected chi connectivity index (χ0v) is 9.66. The summed E-state index contributed by atoms with van der Waals surface area (Å²) < 4.78 is 50.9. The molecule has 2 aromatic rings. The van der Waals surface area contributed by atoms with Crippen LogP contribution in [-0.2, 0) is 0 Å². The lowest BCUT2D eigenvalue weighted by Gasteiger charge is -2.13. The molecule has 0 heterocycles. The molecule has 0 fully saturated rings. The van der Waals surface area contributed by atoms with Crippen LogP contribution in [0.25, 0.3) is 0 Å². The van der Waals surface area contributed by atoms with Gasteiger partial charge in [0.2, 0.25) is 0 Å². The molecule has 0 aliphatic carbocycles. The van der Waals surface area contributed by atoms with Crippen LogP contribution in [-0.4, -0.2) is 5.11 Å². The lowest BCUT2D eigenvalue weighted by atomic mass is 9.99. The summed E-state index contributed by atoms with van der Waals surface area (Å²) in [5.41, 5.74) is 0.0632. The maximum Gasteiger partial charge on any atom is 0.263 e. The normalized spacial score (nSPS) is 12.7. The van der Waals surface area contributed by atoms with Gasteiger partial charge in [-0.05, 0) is 29.3 Å². The largest absolute Gasteiger partial charge is 0.384 e. The summed E-state index contributed by atoms with van der Waals surface area (Å²) in [6.07, 6.45) is -3.94. The fraction of sp³-hybridized carbons (Fsp3) is 0.143. The van der Waals surface area contributed by atoms with E-state index in [1.54, 1.807) is 0 Å². The number of benzene rings is 2. The molecule has 5 heteroatoms. The van der Waals surface area contributed by atoms with Gasteiger partial charge in [0.25, 0.3) is 6.43 Å². The molecule has 19 heavy (non-hydrogen) atoms. The highest BCUT2D eigenvalue weighted by Gasteiger charge is 2.15. The first-order valence-corrected chi connectivity index (χ1v) is 5.50. The van der Waals surface area contributed by atoms with Crippen LogP contribution in [0.2, 0.25) is 0 Å². The van der Waals surface area contributed by atoms with E-state index in [4.69, 9.17) is 0 Å². The Morgan fingerprint density at radius 1 is 0.789 bits per heavy atom. The molecule has 0 saturated heterocycles. The number of halogens is 4. The second-order valence-electron chi connectivity index (χ2n) is 4.05. The summed E-state index contributed by atoms with van der Waals surface area (Å²) in [6, 6.07) is 8.11. The van der Waals surface area contributed by atoms with Gasteiger partial charge >= 0.3 is 0 Å². The zero-order valence-electron chi connectivity index (χ0n) is 9.66. The standard InChI is InChI=1S/C14H10F4O/c15-11-5-4-9(7-12(11)16)13(19)8-2-1-3-10(6-8)14(17)18/h1-7,13-14,19H. The Morgan fingerprint density at radius 2 is 1.42 bits per heavy atom. The van der Waals surface area contributed by atoms with E-state index in [1.165, 1.54) is 24.3 Å². The Morgan fingerprint density at radius 3 is 2.05 bits per heavy atom. The van der Waals surface area contributed by atoms with Crippen molar-refractivity contribution in [3.63, 3.8) is 0 Å². The van der Waals surface area contributed by atoms with Crippen molar-refractivity contribution in [2.45, 2.75) is 12.5 Å². The van der Waals surface area contributed by atoms with Gasteiger partial charge in [0.1, 0.15) is 6.10 Å². The maximum atomic E-state index is 13.1. The molecule has 0 saturated carbocycles. The van der Waals surface area contributed by atoms with E-state index in [0.29, 0.717) is 0 Å². The summed E-state index contributed by atoms with van der Waals surface area (Å²) in [5.74, 6) is -2.13. The van der Waals surface area contributed by atoms with Crippen LogP contribution < -0.4 is 0 Å². The van der Waals surface area contributed by atoms with Crippen LogP contribution >= 0.6 is 0 Å².